The second-order valence-corrected chi connectivity index (χ2v) is 7.18. The number of nitrogens with two attached hydrogens (primary N) is 1. The molecular weight excluding hydrogens is 372 g/mol. The van der Waals surface area contributed by atoms with Gasteiger partial charge in [-0.15, -0.1) is 0 Å². The summed E-state index contributed by atoms with van der Waals surface area (Å²) in [5.41, 5.74) is 6.06. The second-order valence-electron chi connectivity index (χ2n) is 7.18. The van der Waals surface area contributed by atoms with Crippen molar-refractivity contribution in [3.8, 4) is 11.8 Å². The number of benzene rings is 1. The van der Waals surface area contributed by atoms with E-state index in [2.05, 4.69) is 10.1 Å². The van der Waals surface area contributed by atoms with E-state index in [1.165, 1.54) is 9.58 Å². The van der Waals surface area contributed by atoms with E-state index in [4.69, 9.17) is 10.5 Å². The number of rotatable bonds is 0. The molecule has 144 valence electrons. The zero-order valence-corrected chi connectivity index (χ0v) is 15.9. The Morgan fingerprint density at radius 2 is 2.00 bits per heavy atom. The summed E-state index contributed by atoms with van der Waals surface area (Å²) < 4.78 is 7.33. The molecule has 1 atom stereocenters. The highest BCUT2D eigenvalue weighted by molar-refractivity contribution is 6.14. The van der Waals surface area contributed by atoms with E-state index in [0.29, 0.717) is 28.0 Å². The van der Waals surface area contributed by atoms with Gasteiger partial charge < -0.3 is 20.4 Å². The third-order valence-electron chi connectivity index (χ3n) is 5.75. The van der Waals surface area contributed by atoms with Gasteiger partial charge in [0.05, 0.1) is 16.6 Å². The number of aryl methyl sites for hydroxylation is 2. The van der Waals surface area contributed by atoms with Crippen molar-refractivity contribution in [3.63, 3.8) is 0 Å². The van der Waals surface area contributed by atoms with E-state index in [1.807, 2.05) is 6.07 Å². The zero-order chi connectivity index (χ0) is 20.7. The number of nitriles is 1. The number of ether oxygens (including phenoxy) is 1. The number of aromatic nitrogens is 3. The number of nitrogens with zero attached hydrogens (tertiary/aromatic N) is 4. The number of carbonyl (C=O) groups is 1. The van der Waals surface area contributed by atoms with Gasteiger partial charge in [0.15, 0.2) is 11.2 Å². The molecule has 9 nitrogen and oxygen atoms in total. The summed E-state index contributed by atoms with van der Waals surface area (Å²) in [5, 5.41) is 14.8. The molecule has 1 spiro atoms. The van der Waals surface area contributed by atoms with Crippen LogP contribution in [0.4, 0.5) is 5.69 Å². The van der Waals surface area contributed by atoms with Crippen molar-refractivity contribution < 1.29 is 9.53 Å². The van der Waals surface area contributed by atoms with E-state index < -0.39 is 16.9 Å². The quantitative estimate of drug-likeness (QED) is 0.589. The van der Waals surface area contributed by atoms with Crippen LogP contribution in [0.5, 0.6) is 5.75 Å². The minimum atomic E-state index is -1.68. The van der Waals surface area contributed by atoms with Gasteiger partial charge in [-0.2, -0.15) is 10.4 Å². The maximum absolute atomic E-state index is 13.7. The average molecular weight is 388 g/mol. The van der Waals surface area contributed by atoms with Gasteiger partial charge in [-0.3, -0.25) is 14.3 Å². The molecule has 1 aromatic carbocycles. The van der Waals surface area contributed by atoms with E-state index in [9.17, 15) is 14.9 Å². The van der Waals surface area contributed by atoms with Crippen LogP contribution in [-0.2, 0) is 17.3 Å². The summed E-state index contributed by atoms with van der Waals surface area (Å²) in [6.45, 7) is 1.77. The Hall–Kier alpha value is -4.06. The molecule has 2 aliphatic heterocycles. The van der Waals surface area contributed by atoms with Gasteiger partial charge in [0.1, 0.15) is 17.3 Å². The molecule has 0 radical (unpaired) electrons. The van der Waals surface area contributed by atoms with Gasteiger partial charge in [0.2, 0.25) is 11.8 Å². The van der Waals surface area contributed by atoms with Crippen LogP contribution in [0, 0.1) is 18.3 Å². The molecule has 29 heavy (non-hydrogen) atoms. The minimum absolute atomic E-state index is 0.0497. The first-order chi connectivity index (χ1) is 13.8. The number of aromatic amines is 1. The molecular formula is C20H16N6O3. The second kappa shape index (κ2) is 5.26. The number of anilines is 1. The van der Waals surface area contributed by atoms with Gasteiger partial charge in [-0.25, -0.2) is 0 Å². The van der Waals surface area contributed by atoms with Crippen LogP contribution in [-0.4, -0.2) is 27.7 Å². The Kier molecular flexibility index (Phi) is 3.10. The first kappa shape index (κ1) is 17.1. The molecule has 0 fully saturated rings. The van der Waals surface area contributed by atoms with E-state index in [0.717, 1.165) is 0 Å². The van der Waals surface area contributed by atoms with Crippen LogP contribution >= 0.6 is 0 Å². The van der Waals surface area contributed by atoms with Crippen LogP contribution in [0.1, 0.15) is 16.8 Å². The fourth-order valence-electron chi connectivity index (χ4n) is 4.57. The lowest BCUT2D eigenvalue weighted by Crippen LogP contribution is -2.48. The van der Waals surface area contributed by atoms with Crippen LogP contribution in [0.15, 0.2) is 40.5 Å². The number of hydrogen-bond acceptors (Lipinski definition) is 6. The highest BCUT2D eigenvalue weighted by Crippen LogP contribution is 2.54. The fraction of sp³-hybridized carbons (Fsp3) is 0.200. The zero-order valence-electron chi connectivity index (χ0n) is 15.9. The summed E-state index contributed by atoms with van der Waals surface area (Å²) in [7, 11) is 3.30. The number of amides is 1. The Morgan fingerprint density at radius 3 is 2.72 bits per heavy atom. The number of para-hydroxylation sites is 1. The highest BCUT2D eigenvalue weighted by atomic mass is 16.5. The Bertz CT molecular complexity index is 1390. The van der Waals surface area contributed by atoms with Crippen molar-refractivity contribution in [2.75, 3.05) is 11.9 Å². The van der Waals surface area contributed by atoms with E-state index in [-0.39, 0.29) is 22.8 Å². The normalized spacial score (nSPS) is 20.1. The number of nitrogens with one attached hydrogen (secondary N) is 1. The summed E-state index contributed by atoms with van der Waals surface area (Å²) in [4.78, 5) is 31.2. The molecule has 1 unspecified atom stereocenters. The lowest BCUT2D eigenvalue weighted by atomic mass is 9.69. The number of carbonyl (C=O) groups excluding carboxylic acids is 1. The monoisotopic (exact) mass is 388 g/mol. The van der Waals surface area contributed by atoms with Gasteiger partial charge in [0.25, 0.3) is 5.56 Å². The number of fused-ring (bicyclic) bond motifs is 6. The Labute approximate surface area is 164 Å². The smallest absolute Gasteiger partial charge is 0.258 e. The Morgan fingerprint density at radius 1 is 1.28 bits per heavy atom. The first-order valence-corrected chi connectivity index (χ1v) is 8.89. The first-order valence-electron chi connectivity index (χ1n) is 8.89. The molecule has 2 aliphatic rings. The molecule has 3 N–H and O–H groups in total. The van der Waals surface area contributed by atoms with Gasteiger partial charge in [-0.1, -0.05) is 18.2 Å². The molecule has 1 amide bonds. The van der Waals surface area contributed by atoms with Gasteiger partial charge in [0, 0.05) is 25.3 Å². The van der Waals surface area contributed by atoms with Crippen molar-refractivity contribution in [1.82, 2.24) is 14.8 Å². The third-order valence-corrected chi connectivity index (χ3v) is 5.75. The lowest BCUT2D eigenvalue weighted by molar-refractivity contribution is -0.120. The summed E-state index contributed by atoms with van der Waals surface area (Å²) >= 11 is 0. The number of hydrogen-bond donors (Lipinski definition) is 2. The summed E-state index contributed by atoms with van der Waals surface area (Å²) in [5.74, 6) is -0.480. The van der Waals surface area contributed by atoms with Gasteiger partial charge >= 0.3 is 0 Å². The van der Waals surface area contributed by atoms with Crippen molar-refractivity contribution in [2.45, 2.75) is 12.3 Å². The molecule has 0 saturated carbocycles. The van der Waals surface area contributed by atoms with E-state index >= 15 is 0 Å². The molecule has 0 aliphatic carbocycles. The summed E-state index contributed by atoms with van der Waals surface area (Å²) in [6, 6.07) is 9.07. The summed E-state index contributed by atoms with van der Waals surface area (Å²) in [6.07, 6.45) is 0. The van der Waals surface area contributed by atoms with Crippen molar-refractivity contribution in [1.29, 1.82) is 5.26 Å². The molecule has 9 heteroatoms. The van der Waals surface area contributed by atoms with Crippen LogP contribution in [0.3, 0.4) is 0 Å². The molecule has 5 rings (SSSR count). The maximum Gasteiger partial charge on any atom is 0.258 e. The molecule has 4 heterocycles. The minimum Gasteiger partial charge on any atom is -0.439 e. The topological polar surface area (TPSA) is 130 Å². The predicted octanol–water partition coefficient (Wildman–Crippen LogP) is 0.919. The predicted molar refractivity (Wildman–Crippen MR) is 104 cm³/mol. The fourth-order valence-corrected chi connectivity index (χ4v) is 4.57. The maximum atomic E-state index is 13.7. The largest absolute Gasteiger partial charge is 0.439 e. The number of likely N-dealkylation sites (N-methyl/N-ethyl adjacent to an activating group) is 1. The lowest BCUT2D eigenvalue weighted by Gasteiger charge is -2.33. The van der Waals surface area contributed by atoms with Crippen LogP contribution < -0.4 is 20.9 Å². The van der Waals surface area contributed by atoms with Crippen molar-refractivity contribution >= 4 is 22.6 Å². The van der Waals surface area contributed by atoms with Crippen molar-refractivity contribution in [3.05, 3.63) is 62.9 Å². The third kappa shape index (κ3) is 1.76. The number of H-pyrrole nitrogens is 1. The van der Waals surface area contributed by atoms with Crippen LogP contribution in [0.2, 0.25) is 0 Å². The van der Waals surface area contributed by atoms with Crippen LogP contribution in [0.25, 0.3) is 11.0 Å². The molecule has 3 aromatic rings. The SMILES string of the molecule is Cc1nn(C)c2[nH]c(=O)c3c(c12)OC(N)=C(C#N)C31C(=O)N(C)c2ccccc21. The standard InChI is InChI=1S/C20H16N6O3/c1-9-13-15-14(18(27)23-17(13)26(3)24-9)20(11(8-21)16(22)29-15)10-6-4-5-7-12(10)25(2)19(20)28/h4-7H,22H2,1-3H3,(H,23,27). The Balaban J connectivity index is 2.05. The number of pyridine rings is 1. The highest BCUT2D eigenvalue weighted by Gasteiger charge is 2.60. The average Bonchev–Trinajstić information content (AvgIpc) is 3.09. The molecule has 2 aromatic heterocycles. The van der Waals surface area contributed by atoms with E-state index in [1.54, 1.807) is 45.3 Å². The molecule has 0 saturated heterocycles. The molecule has 0 bridgehead atoms. The van der Waals surface area contributed by atoms with Crippen molar-refractivity contribution in [2.24, 2.45) is 12.8 Å². The van der Waals surface area contributed by atoms with Gasteiger partial charge in [-0.05, 0) is 13.0 Å².